The summed E-state index contributed by atoms with van der Waals surface area (Å²) < 4.78 is 10.6. The highest BCUT2D eigenvalue weighted by Crippen LogP contribution is 2.01. The lowest BCUT2D eigenvalue weighted by Crippen LogP contribution is -2.34. The first-order valence-corrected chi connectivity index (χ1v) is 5.57. The molecule has 17 heavy (non-hydrogen) atoms. The van der Waals surface area contributed by atoms with E-state index >= 15 is 0 Å². The molecule has 0 radical (unpaired) electrons. The van der Waals surface area contributed by atoms with Gasteiger partial charge in [0, 0.05) is 19.7 Å². The Labute approximate surface area is 118 Å². The molecule has 0 aromatic carbocycles. The monoisotopic (exact) mass is 351 g/mol. The zero-order valence-electron chi connectivity index (χ0n) is 9.65. The van der Waals surface area contributed by atoms with E-state index in [4.69, 9.17) is 9.15 Å². The van der Waals surface area contributed by atoms with Crippen molar-refractivity contribution in [3.63, 3.8) is 0 Å². The van der Waals surface area contributed by atoms with Crippen molar-refractivity contribution in [2.75, 3.05) is 26.2 Å². The Bertz CT molecular complexity index is 327. The van der Waals surface area contributed by atoms with Gasteiger partial charge in [0.1, 0.15) is 12.4 Å². The van der Waals surface area contributed by atoms with E-state index in [0.29, 0.717) is 6.61 Å². The van der Waals surface area contributed by atoms with Gasteiger partial charge in [-0.15, -0.1) is 24.0 Å². The molecular formula is C11H18IN3O2. The molecule has 0 unspecified atom stereocenters. The number of rotatable bonds is 6. The van der Waals surface area contributed by atoms with Gasteiger partial charge in [-0.3, -0.25) is 4.99 Å². The predicted octanol–water partition coefficient (Wildman–Crippen LogP) is 1.35. The van der Waals surface area contributed by atoms with Gasteiger partial charge >= 0.3 is 0 Å². The van der Waals surface area contributed by atoms with E-state index in [9.17, 15) is 0 Å². The van der Waals surface area contributed by atoms with Gasteiger partial charge in [-0.05, 0) is 18.6 Å². The summed E-state index contributed by atoms with van der Waals surface area (Å²) >= 11 is 0. The van der Waals surface area contributed by atoms with Crippen LogP contribution in [-0.2, 0) is 11.3 Å². The maximum absolute atomic E-state index is 5.45. The Balaban J connectivity index is 0.00000144. The number of aliphatic imine (C=N–C) groups is 1. The number of halogens is 1. The summed E-state index contributed by atoms with van der Waals surface area (Å²) in [7, 11) is 0. The number of furan rings is 1. The Morgan fingerprint density at radius 3 is 3.18 bits per heavy atom. The fraction of sp³-hybridized carbons (Fsp3) is 0.545. The highest BCUT2D eigenvalue weighted by atomic mass is 127. The average molecular weight is 351 g/mol. The zero-order chi connectivity index (χ0) is 11.1. The second-order valence-corrected chi connectivity index (χ2v) is 3.57. The van der Waals surface area contributed by atoms with Crippen LogP contribution in [0.2, 0.25) is 0 Å². The van der Waals surface area contributed by atoms with Gasteiger partial charge in [-0.1, -0.05) is 0 Å². The van der Waals surface area contributed by atoms with Gasteiger partial charge in [-0.2, -0.15) is 0 Å². The van der Waals surface area contributed by atoms with Crippen molar-refractivity contribution >= 4 is 29.9 Å². The van der Waals surface area contributed by atoms with Crippen LogP contribution in [0.5, 0.6) is 0 Å². The van der Waals surface area contributed by atoms with Crippen LogP contribution in [0.3, 0.4) is 0 Å². The van der Waals surface area contributed by atoms with Crippen LogP contribution in [-0.4, -0.2) is 32.2 Å². The molecule has 2 heterocycles. The number of nitrogens with one attached hydrogen (secondary N) is 2. The molecule has 0 fully saturated rings. The van der Waals surface area contributed by atoms with E-state index in [0.717, 1.165) is 44.4 Å². The summed E-state index contributed by atoms with van der Waals surface area (Å²) in [4.78, 5) is 4.23. The van der Waals surface area contributed by atoms with E-state index in [-0.39, 0.29) is 24.0 Å². The summed E-state index contributed by atoms with van der Waals surface area (Å²) in [6, 6.07) is 3.78. The predicted molar refractivity (Wildman–Crippen MR) is 76.7 cm³/mol. The highest BCUT2D eigenvalue weighted by Gasteiger charge is 2.02. The molecular weight excluding hydrogens is 333 g/mol. The standard InChI is InChI=1S/C11H17N3O2.HI/c1-3-10(16-8-1)9-15-7-2-4-12-11-13-5-6-14-11;/h1,3,8H,2,4-7,9H2,(H2,12,13,14);1H. The number of nitrogens with zero attached hydrogens (tertiary/aromatic N) is 1. The van der Waals surface area contributed by atoms with Crippen molar-refractivity contribution in [3.05, 3.63) is 24.2 Å². The van der Waals surface area contributed by atoms with Crippen molar-refractivity contribution in [2.24, 2.45) is 4.99 Å². The van der Waals surface area contributed by atoms with Crippen LogP contribution in [0.4, 0.5) is 0 Å². The van der Waals surface area contributed by atoms with Gasteiger partial charge in [0.05, 0.1) is 12.8 Å². The average Bonchev–Trinajstić information content (AvgIpc) is 2.96. The van der Waals surface area contributed by atoms with Crippen molar-refractivity contribution < 1.29 is 9.15 Å². The van der Waals surface area contributed by atoms with Crippen molar-refractivity contribution in [3.8, 4) is 0 Å². The van der Waals surface area contributed by atoms with E-state index < -0.39 is 0 Å². The lowest BCUT2D eigenvalue weighted by atomic mass is 10.4. The number of hydrogen-bond acceptors (Lipinski definition) is 5. The molecule has 96 valence electrons. The van der Waals surface area contributed by atoms with Gasteiger partial charge in [0.2, 0.25) is 0 Å². The lowest BCUT2D eigenvalue weighted by Gasteiger charge is -2.06. The minimum atomic E-state index is 0. The maximum Gasteiger partial charge on any atom is 0.191 e. The number of guanidine groups is 1. The lowest BCUT2D eigenvalue weighted by molar-refractivity contribution is 0.105. The minimum Gasteiger partial charge on any atom is -0.467 e. The largest absolute Gasteiger partial charge is 0.467 e. The van der Waals surface area contributed by atoms with Crippen LogP contribution < -0.4 is 10.6 Å². The Morgan fingerprint density at radius 1 is 1.53 bits per heavy atom. The first-order valence-electron chi connectivity index (χ1n) is 5.57. The van der Waals surface area contributed by atoms with Crippen LogP contribution >= 0.6 is 24.0 Å². The highest BCUT2D eigenvalue weighted by molar-refractivity contribution is 14.0. The molecule has 0 atom stereocenters. The van der Waals surface area contributed by atoms with Crippen LogP contribution in [0.1, 0.15) is 12.2 Å². The van der Waals surface area contributed by atoms with E-state index in [1.165, 1.54) is 0 Å². The SMILES string of the molecule is I.c1coc(COCCCNC2=NCCN2)c1. The quantitative estimate of drug-likeness (QED) is 0.600. The Morgan fingerprint density at radius 2 is 2.47 bits per heavy atom. The Kier molecular flexibility index (Phi) is 7.02. The molecule has 2 rings (SSSR count). The van der Waals surface area contributed by atoms with Crippen LogP contribution in [0.25, 0.3) is 0 Å². The molecule has 2 N–H and O–H groups in total. The van der Waals surface area contributed by atoms with Crippen molar-refractivity contribution in [1.29, 1.82) is 0 Å². The topological polar surface area (TPSA) is 58.8 Å². The molecule has 0 saturated heterocycles. The molecule has 0 spiro atoms. The normalized spacial score (nSPS) is 13.8. The molecule has 1 aromatic rings. The first kappa shape index (κ1) is 14.3. The van der Waals surface area contributed by atoms with E-state index in [1.54, 1.807) is 6.26 Å². The fourth-order valence-electron chi connectivity index (χ4n) is 1.46. The minimum absolute atomic E-state index is 0. The molecule has 6 heteroatoms. The summed E-state index contributed by atoms with van der Waals surface area (Å²) in [5.74, 6) is 1.78. The molecule has 0 aliphatic carbocycles. The van der Waals surface area contributed by atoms with Gasteiger partial charge < -0.3 is 19.8 Å². The molecule has 1 aliphatic rings. The van der Waals surface area contributed by atoms with Crippen molar-refractivity contribution in [2.45, 2.75) is 13.0 Å². The number of hydrogen-bond donors (Lipinski definition) is 2. The maximum atomic E-state index is 5.45. The molecule has 1 aliphatic heterocycles. The van der Waals surface area contributed by atoms with Crippen LogP contribution in [0, 0.1) is 0 Å². The van der Waals surface area contributed by atoms with Gasteiger partial charge in [0.15, 0.2) is 5.96 Å². The van der Waals surface area contributed by atoms with Crippen molar-refractivity contribution in [1.82, 2.24) is 10.6 Å². The first-order chi connectivity index (χ1) is 7.95. The molecule has 0 saturated carbocycles. The molecule has 1 aromatic heterocycles. The summed E-state index contributed by atoms with van der Waals surface area (Å²) in [5, 5.41) is 6.36. The molecule has 0 bridgehead atoms. The smallest absolute Gasteiger partial charge is 0.191 e. The van der Waals surface area contributed by atoms with Crippen LogP contribution in [0.15, 0.2) is 27.8 Å². The van der Waals surface area contributed by atoms with Gasteiger partial charge in [-0.25, -0.2) is 0 Å². The second-order valence-electron chi connectivity index (χ2n) is 3.57. The third-order valence-corrected chi connectivity index (χ3v) is 2.26. The number of ether oxygens (including phenoxy) is 1. The van der Waals surface area contributed by atoms with E-state index in [1.807, 2.05) is 12.1 Å². The summed E-state index contributed by atoms with van der Waals surface area (Å²) in [6.07, 6.45) is 2.62. The van der Waals surface area contributed by atoms with Gasteiger partial charge in [0.25, 0.3) is 0 Å². The molecule has 5 nitrogen and oxygen atoms in total. The Hall–Kier alpha value is -0.760. The third kappa shape index (κ3) is 5.40. The van der Waals surface area contributed by atoms with E-state index in [2.05, 4.69) is 15.6 Å². The summed E-state index contributed by atoms with van der Waals surface area (Å²) in [6.45, 7) is 3.96. The third-order valence-electron chi connectivity index (χ3n) is 2.26. The molecule has 0 amide bonds. The fourth-order valence-corrected chi connectivity index (χ4v) is 1.46. The second kappa shape index (κ2) is 8.35. The summed E-state index contributed by atoms with van der Waals surface area (Å²) in [5.41, 5.74) is 0. The zero-order valence-corrected chi connectivity index (χ0v) is 12.0.